The second-order valence-corrected chi connectivity index (χ2v) is 8.61. The average molecular weight is 459 g/mol. The molecule has 0 aliphatic heterocycles. The zero-order valence-corrected chi connectivity index (χ0v) is 20.6. The topological polar surface area (TPSA) is 72.2 Å². The van der Waals surface area contributed by atoms with Crippen molar-refractivity contribution < 1.29 is 23.5 Å². The van der Waals surface area contributed by atoms with Gasteiger partial charge in [-0.05, 0) is 48.6 Å². The summed E-state index contributed by atoms with van der Waals surface area (Å²) in [5.74, 6) is 2.27. The van der Waals surface area contributed by atoms with Crippen molar-refractivity contribution in [1.29, 1.82) is 0 Å². The van der Waals surface area contributed by atoms with Gasteiger partial charge in [-0.1, -0.05) is 33.3 Å². The summed E-state index contributed by atoms with van der Waals surface area (Å²) in [4.78, 5) is 29.5. The lowest BCUT2D eigenvalue weighted by atomic mass is 10.1. The van der Waals surface area contributed by atoms with Crippen LogP contribution in [0.15, 0.2) is 41.0 Å². The highest BCUT2D eigenvalue weighted by molar-refractivity contribution is 5.84. The van der Waals surface area contributed by atoms with Gasteiger partial charge in [-0.15, -0.1) is 0 Å². The number of unbranched alkanes of at least 4 members (excludes halogenated alkanes) is 1. The van der Waals surface area contributed by atoms with Gasteiger partial charge in [0.25, 0.3) is 0 Å². The number of carbonyl (C=O) groups excluding carboxylic acids is 2. The molecule has 0 saturated carbocycles. The summed E-state index contributed by atoms with van der Waals surface area (Å²) in [7, 11) is 3.21. The van der Waals surface area contributed by atoms with Gasteiger partial charge < -0.3 is 23.7 Å². The van der Waals surface area contributed by atoms with E-state index in [9.17, 15) is 9.59 Å². The summed E-state index contributed by atoms with van der Waals surface area (Å²) in [6.07, 6.45) is 4.49. The average Bonchev–Trinajstić information content (AvgIpc) is 3.32. The Bertz CT molecular complexity index is 864. The fourth-order valence-electron chi connectivity index (χ4n) is 3.63. The highest BCUT2D eigenvalue weighted by atomic mass is 16.5. The van der Waals surface area contributed by atoms with E-state index in [1.807, 2.05) is 30.3 Å². The fourth-order valence-corrected chi connectivity index (χ4v) is 3.63. The van der Waals surface area contributed by atoms with Crippen LogP contribution in [0.25, 0.3) is 0 Å². The van der Waals surface area contributed by atoms with Crippen molar-refractivity contribution in [2.75, 3.05) is 33.9 Å². The molecule has 0 N–H and O–H groups in total. The number of rotatable bonds is 14. The molecule has 0 spiro atoms. The largest absolute Gasteiger partial charge is 0.493 e. The van der Waals surface area contributed by atoms with Crippen LogP contribution >= 0.6 is 0 Å². The van der Waals surface area contributed by atoms with Crippen molar-refractivity contribution in [1.82, 2.24) is 9.80 Å². The zero-order chi connectivity index (χ0) is 24.2. The van der Waals surface area contributed by atoms with Gasteiger partial charge in [0.2, 0.25) is 11.8 Å². The van der Waals surface area contributed by atoms with E-state index in [0.717, 1.165) is 18.4 Å². The van der Waals surface area contributed by atoms with Gasteiger partial charge >= 0.3 is 0 Å². The molecule has 7 heteroatoms. The molecule has 33 heavy (non-hydrogen) atoms. The Kier molecular flexibility index (Phi) is 10.8. The summed E-state index contributed by atoms with van der Waals surface area (Å²) in [5.41, 5.74) is 1.03. The molecule has 1 heterocycles. The third-order valence-electron chi connectivity index (χ3n) is 5.41. The molecule has 7 nitrogen and oxygen atoms in total. The zero-order valence-electron chi connectivity index (χ0n) is 20.6. The smallest absolute Gasteiger partial charge is 0.242 e. The van der Waals surface area contributed by atoms with Crippen LogP contribution < -0.4 is 9.47 Å². The molecule has 1 aromatic heterocycles. The van der Waals surface area contributed by atoms with Crippen LogP contribution in [0.3, 0.4) is 0 Å². The number of hydrogen-bond donors (Lipinski definition) is 0. The summed E-state index contributed by atoms with van der Waals surface area (Å²) >= 11 is 0. The van der Waals surface area contributed by atoms with Gasteiger partial charge in [-0.25, -0.2) is 0 Å². The number of ether oxygens (including phenoxy) is 2. The highest BCUT2D eigenvalue weighted by Crippen LogP contribution is 2.27. The first kappa shape index (κ1) is 26.3. The number of hydrogen-bond acceptors (Lipinski definition) is 5. The normalized spacial score (nSPS) is 10.8. The predicted octanol–water partition coefficient (Wildman–Crippen LogP) is 4.54. The minimum Gasteiger partial charge on any atom is -0.493 e. The van der Waals surface area contributed by atoms with Gasteiger partial charge in [-0.3, -0.25) is 9.59 Å². The van der Waals surface area contributed by atoms with Gasteiger partial charge in [0, 0.05) is 19.5 Å². The van der Waals surface area contributed by atoms with Crippen molar-refractivity contribution >= 4 is 11.8 Å². The molecule has 0 radical (unpaired) electrons. The van der Waals surface area contributed by atoms with Gasteiger partial charge in [-0.2, -0.15) is 0 Å². The quantitative estimate of drug-likeness (QED) is 0.416. The van der Waals surface area contributed by atoms with E-state index in [1.54, 1.807) is 30.3 Å². The lowest BCUT2D eigenvalue weighted by molar-refractivity contribution is -0.141. The van der Waals surface area contributed by atoms with E-state index >= 15 is 0 Å². The van der Waals surface area contributed by atoms with E-state index in [0.29, 0.717) is 49.7 Å². The Labute approximate surface area is 197 Å². The maximum atomic E-state index is 13.3. The number of carbonyl (C=O) groups is 2. The van der Waals surface area contributed by atoms with E-state index in [1.165, 1.54) is 0 Å². The number of methoxy groups -OCH3 is 2. The summed E-state index contributed by atoms with van der Waals surface area (Å²) < 4.78 is 16.2. The first-order valence-corrected chi connectivity index (χ1v) is 11.7. The second kappa shape index (κ2) is 13.6. The van der Waals surface area contributed by atoms with Crippen molar-refractivity contribution in [3.63, 3.8) is 0 Å². The molecule has 1 aromatic carbocycles. The SMILES string of the molecule is CCCCC(=O)N(CC(=O)N(CCc1ccc(OC)c(OC)c1)Cc1ccco1)CC(C)C. The third-order valence-corrected chi connectivity index (χ3v) is 5.41. The minimum absolute atomic E-state index is 0.0386. The van der Waals surface area contributed by atoms with Crippen LogP contribution in [0.4, 0.5) is 0 Å². The molecule has 2 aromatic rings. The standard InChI is InChI=1S/C26H38N2O5/c1-6-7-10-25(29)28(17-20(2)3)19-26(30)27(18-22-9-8-15-33-22)14-13-21-11-12-23(31-4)24(16-21)32-5/h8-9,11-12,15-16,20H,6-7,10,13-14,17-19H2,1-5H3. The van der Waals surface area contributed by atoms with E-state index in [-0.39, 0.29) is 24.3 Å². The molecule has 0 fully saturated rings. The first-order valence-electron chi connectivity index (χ1n) is 11.7. The third kappa shape index (κ3) is 8.48. The Morgan fingerprint density at radius 1 is 1.03 bits per heavy atom. The molecule has 0 bridgehead atoms. The van der Waals surface area contributed by atoms with Gasteiger partial charge in [0.1, 0.15) is 5.76 Å². The molecular formula is C26H38N2O5. The maximum absolute atomic E-state index is 13.3. The number of nitrogens with zero attached hydrogens (tertiary/aromatic N) is 2. The molecule has 0 saturated heterocycles. The Balaban J connectivity index is 2.14. The van der Waals surface area contributed by atoms with Crippen LogP contribution in [0.2, 0.25) is 0 Å². The van der Waals surface area contributed by atoms with Crippen molar-refractivity contribution in [3.05, 3.63) is 47.9 Å². The van der Waals surface area contributed by atoms with Crippen LogP contribution in [0.1, 0.15) is 51.4 Å². The Morgan fingerprint density at radius 3 is 2.39 bits per heavy atom. The lowest BCUT2D eigenvalue weighted by Gasteiger charge is -2.28. The molecule has 0 aliphatic carbocycles. The van der Waals surface area contributed by atoms with Gasteiger partial charge in [0.05, 0.1) is 33.6 Å². The summed E-state index contributed by atoms with van der Waals surface area (Å²) in [5, 5.41) is 0. The van der Waals surface area contributed by atoms with E-state index < -0.39 is 0 Å². The highest BCUT2D eigenvalue weighted by Gasteiger charge is 2.22. The van der Waals surface area contributed by atoms with Crippen LogP contribution in [0.5, 0.6) is 11.5 Å². The van der Waals surface area contributed by atoms with Crippen molar-refractivity contribution in [2.24, 2.45) is 5.92 Å². The molecule has 0 atom stereocenters. The number of benzene rings is 1. The molecule has 0 aliphatic rings. The molecule has 0 unspecified atom stereocenters. The van der Waals surface area contributed by atoms with Crippen LogP contribution in [0, 0.1) is 5.92 Å². The second-order valence-electron chi connectivity index (χ2n) is 8.61. The monoisotopic (exact) mass is 458 g/mol. The Morgan fingerprint density at radius 2 is 1.79 bits per heavy atom. The minimum atomic E-state index is -0.0858. The molecule has 182 valence electrons. The van der Waals surface area contributed by atoms with E-state index in [2.05, 4.69) is 20.8 Å². The van der Waals surface area contributed by atoms with Crippen LogP contribution in [-0.4, -0.2) is 55.5 Å². The number of amides is 2. The lowest BCUT2D eigenvalue weighted by Crippen LogP contribution is -2.44. The summed E-state index contributed by atoms with van der Waals surface area (Å²) in [6, 6.07) is 9.42. The Hall–Kier alpha value is -2.96. The molecule has 2 rings (SSSR count). The molecule has 2 amide bonds. The van der Waals surface area contributed by atoms with Gasteiger partial charge in [0.15, 0.2) is 11.5 Å². The summed E-state index contributed by atoms with van der Waals surface area (Å²) in [6.45, 7) is 7.67. The first-order chi connectivity index (χ1) is 15.9. The maximum Gasteiger partial charge on any atom is 0.242 e. The van der Waals surface area contributed by atoms with Crippen molar-refractivity contribution in [3.8, 4) is 11.5 Å². The predicted molar refractivity (Wildman–Crippen MR) is 128 cm³/mol. The van der Waals surface area contributed by atoms with E-state index in [4.69, 9.17) is 13.9 Å². The van der Waals surface area contributed by atoms with Crippen molar-refractivity contribution in [2.45, 2.75) is 53.0 Å². The molecular weight excluding hydrogens is 420 g/mol. The fraction of sp³-hybridized carbons (Fsp3) is 0.538. The number of furan rings is 1. The van der Waals surface area contributed by atoms with Crippen LogP contribution in [-0.2, 0) is 22.6 Å².